The van der Waals surface area contributed by atoms with Crippen LogP contribution in [0.1, 0.15) is 25.0 Å². The van der Waals surface area contributed by atoms with Gasteiger partial charge in [-0.2, -0.15) is 0 Å². The van der Waals surface area contributed by atoms with Crippen LogP contribution < -0.4 is 5.32 Å². The van der Waals surface area contributed by atoms with Crippen molar-refractivity contribution in [1.29, 1.82) is 0 Å². The molecule has 3 heterocycles. The van der Waals surface area contributed by atoms with Crippen LogP contribution in [0.2, 0.25) is 0 Å². The van der Waals surface area contributed by atoms with Crippen molar-refractivity contribution in [2.24, 2.45) is 5.92 Å². The van der Waals surface area contributed by atoms with Gasteiger partial charge in [0.1, 0.15) is 5.65 Å². The first-order chi connectivity index (χ1) is 12.2. The van der Waals surface area contributed by atoms with Crippen LogP contribution in [-0.4, -0.2) is 57.3 Å². The fraction of sp³-hybridized carbons (Fsp3) is 0.500. The van der Waals surface area contributed by atoms with Gasteiger partial charge in [0.15, 0.2) is 0 Å². The number of carbonyl (C=O) groups is 2. The zero-order valence-corrected chi connectivity index (χ0v) is 14.2. The number of fused-ring (bicyclic) bond motifs is 1. The summed E-state index contributed by atoms with van der Waals surface area (Å²) in [6.45, 7) is 3.07. The standard InChI is InChI=1S/C18H23N5O2/c24-17(14-5-6-14)21-8-3-9-22(11-10-21)18(25)19-12-15-13-23-7-2-1-4-16(23)20-15/h1-2,4,7,13-14H,3,5-6,8-12H2,(H,19,25). The molecule has 1 saturated carbocycles. The van der Waals surface area contributed by atoms with Crippen LogP contribution in [0.5, 0.6) is 0 Å². The predicted octanol–water partition coefficient (Wildman–Crippen LogP) is 1.49. The molecule has 0 aromatic carbocycles. The molecule has 0 radical (unpaired) electrons. The average Bonchev–Trinajstić information content (AvgIpc) is 3.42. The highest BCUT2D eigenvalue weighted by Crippen LogP contribution is 2.31. The second kappa shape index (κ2) is 6.74. The number of nitrogens with one attached hydrogen (secondary N) is 1. The van der Waals surface area contributed by atoms with Gasteiger partial charge in [0.05, 0.1) is 12.2 Å². The number of hydrogen-bond acceptors (Lipinski definition) is 3. The molecule has 1 aliphatic carbocycles. The van der Waals surface area contributed by atoms with Gasteiger partial charge in [-0.3, -0.25) is 4.79 Å². The second-order valence-electron chi connectivity index (χ2n) is 6.80. The van der Waals surface area contributed by atoms with Gasteiger partial charge in [0, 0.05) is 44.5 Å². The molecule has 7 nitrogen and oxygen atoms in total. The quantitative estimate of drug-likeness (QED) is 0.919. The normalized spacial score (nSPS) is 18.2. The van der Waals surface area contributed by atoms with Crippen LogP contribution in [-0.2, 0) is 11.3 Å². The molecule has 0 atom stereocenters. The molecule has 1 aliphatic heterocycles. The van der Waals surface area contributed by atoms with E-state index in [-0.39, 0.29) is 17.9 Å². The zero-order chi connectivity index (χ0) is 17.2. The van der Waals surface area contributed by atoms with Gasteiger partial charge in [-0.15, -0.1) is 0 Å². The Labute approximate surface area is 146 Å². The van der Waals surface area contributed by atoms with Gasteiger partial charge in [-0.05, 0) is 31.4 Å². The van der Waals surface area contributed by atoms with Gasteiger partial charge in [-0.1, -0.05) is 6.07 Å². The van der Waals surface area contributed by atoms with Gasteiger partial charge >= 0.3 is 6.03 Å². The second-order valence-corrected chi connectivity index (χ2v) is 6.80. The maximum atomic E-state index is 12.4. The highest BCUT2D eigenvalue weighted by atomic mass is 16.2. The molecule has 0 unspecified atom stereocenters. The molecule has 4 rings (SSSR count). The minimum Gasteiger partial charge on any atom is -0.341 e. The number of imidazole rings is 1. The van der Waals surface area contributed by atoms with E-state index < -0.39 is 0 Å². The molecule has 2 aromatic rings. The summed E-state index contributed by atoms with van der Waals surface area (Å²) >= 11 is 0. The Balaban J connectivity index is 1.30. The molecule has 132 valence electrons. The Bertz CT molecular complexity index is 750. The zero-order valence-electron chi connectivity index (χ0n) is 14.2. The van der Waals surface area contributed by atoms with Crippen LogP contribution >= 0.6 is 0 Å². The summed E-state index contributed by atoms with van der Waals surface area (Å²) in [5, 5.41) is 2.94. The summed E-state index contributed by atoms with van der Waals surface area (Å²) in [5.41, 5.74) is 1.70. The Morgan fingerprint density at radius 3 is 2.72 bits per heavy atom. The number of urea groups is 1. The summed E-state index contributed by atoms with van der Waals surface area (Å²) in [7, 11) is 0. The highest BCUT2D eigenvalue weighted by molar-refractivity contribution is 5.81. The van der Waals surface area contributed by atoms with Crippen molar-refractivity contribution in [3.05, 3.63) is 36.3 Å². The van der Waals surface area contributed by atoms with Crippen LogP contribution in [0, 0.1) is 5.92 Å². The molecule has 2 fully saturated rings. The van der Waals surface area contributed by atoms with Crippen molar-refractivity contribution in [2.45, 2.75) is 25.8 Å². The minimum absolute atomic E-state index is 0.0854. The van der Waals surface area contributed by atoms with E-state index in [4.69, 9.17) is 0 Å². The largest absolute Gasteiger partial charge is 0.341 e. The number of aromatic nitrogens is 2. The third-order valence-electron chi connectivity index (χ3n) is 4.86. The lowest BCUT2D eigenvalue weighted by atomic mass is 10.3. The summed E-state index contributed by atoms with van der Waals surface area (Å²) in [6, 6.07) is 5.74. The SMILES string of the molecule is O=C(NCc1cn2ccccc2n1)N1CCCN(C(=O)C2CC2)CC1. The number of carbonyl (C=O) groups excluding carboxylic acids is 2. The van der Waals surface area contributed by atoms with Gasteiger partial charge < -0.3 is 19.5 Å². The third kappa shape index (κ3) is 3.60. The molecule has 0 bridgehead atoms. The topological polar surface area (TPSA) is 70.0 Å². The van der Waals surface area contributed by atoms with E-state index in [0.717, 1.165) is 37.1 Å². The maximum absolute atomic E-state index is 12.4. The van der Waals surface area contributed by atoms with Crippen LogP contribution in [0.3, 0.4) is 0 Å². The Hall–Kier alpha value is -2.57. The smallest absolute Gasteiger partial charge is 0.317 e. The molecule has 1 N–H and O–H groups in total. The van der Waals surface area contributed by atoms with Crippen molar-refractivity contribution in [3.63, 3.8) is 0 Å². The summed E-state index contributed by atoms with van der Waals surface area (Å²) in [5.74, 6) is 0.516. The molecule has 25 heavy (non-hydrogen) atoms. The van der Waals surface area contributed by atoms with Crippen LogP contribution in [0.25, 0.3) is 5.65 Å². The monoisotopic (exact) mass is 341 g/mol. The number of amides is 3. The number of pyridine rings is 1. The molecule has 2 aliphatic rings. The van der Waals surface area contributed by atoms with Gasteiger partial charge in [-0.25, -0.2) is 9.78 Å². The Morgan fingerprint density at radius 2 is 1.92 bits per heavy atom. The first-order valence-corrected chi connectivity index (χ1v) is 8.95. The first kappa shape index (κ1) is 15.9. The van der Waals surface area contributed by atoms with Gasteiger partial charge in [0.2, 0.25) is 5.91 Å². The summed E-state index contributed by atoms with van der Waals surface area (Å²) in [4.78, 5) is 32.8. The highest BCUT2D eigenvalue weighted by Gasteiger charge is 2.34. The van der Waals surface area contributed by atoms with Crippen molar-refractivity contribution in [3.8, 4) is 0 Å². The fourth-order valence-electron chi connectivity index (χ4n) is 3.28. The lowest BCUT2D eigenvalue weighted by Crippen LogP contribution is -2.42. The van der Waals surface area contributed by atoms with Crippen molar-refractivity contribution >= 4 is 17.6 Å². The molecule has 7 heteroatoms. The average molecular weight is 341 g/mol. The van der Waals surface area contributed by atoms with E-state index in [0.29, 0.717) is 26.2 Å². The van der Waals surface area contributed by atoms with Gasteiger partial charge in [0.25, 0.3) is 0 Å². The Morgan fingerprint density at radius 1 is 1.12 bits per heavy atom. The van der Waals surface area contributed by atoms with E-state index >= 15 is 0 Å². The molecular formula is C18H23N5O2. The van der Waals surface area contributed by atoms with E-state index in [1.54, 1.807) is 4.90 Å². The molecule has 1 saturated heterocycles. The van der Waals surface area contributed by atoms with Crippen LogP contribution in [0.15, 0.2) is 30.6 Å². The minimum atomic E-state index is -0.0854. The maximum Gasteiger partial charge on any atom is 0.317 e. The predicted molar refractivity (Wildman–Crippen MR) is 92.9 cm³/mol. The molecular weight excluding hydrogens is 318 g/mol. The lowest BCUT2D eigenvalue weighted by Gasteiger charge is -2.22. The van der Waals surface area contributed by atoms with Crippen LogP contribution in [0.4, 0.5) is 4.79 Å². The van der Waals surface area contributed by atoms with E-state index in [9.17, 15) is 9.59 Å². The van der Waals surface area contributed by atoms with Crippen molar-refractivity contribution in [2.75, 3.05) is 26.2 Å². The summed E-state index contributed by atoms with van der Waals surface area (Å²) in [6.07, 6.45) is 6.75. The van der Waals surface area contributed by atoms with E-state index in [1.807, 2.05) is 39.9 Å². The van der Waals surface area contributed by atoms with E-state index in [1.165, 1.54) is 0 Å². The third-order valence-corrected chi connectivity index (χ3v) is 4.86. The fourth-order valence-corrected chi connectivity index (χ4v) is 3.28. The lowest BCUT2D eigenvalue weighted by molar-refractivity contribution is -0.132. The van der Waals surface area contributed by atoms with Crippen molar-refractivity contribution in [1.82, 2.24) is 24.5 Å². The van der Waals surface area contributed by atoms with E-state index in [2.05, 4.69) is 10.3 Å². The van der Waals surface area contributed by atoms with Crippen molar-refractivity contribution < 1.29 is 9.59 Å². The summed E-state index contributed by atoms with van der Waals surface area (Å²) < 4.78 is 1.94. The first-order valence-electron chi connectivity index (χ1n) is 8.95. The molecule has 0 spiro atoms. The molecule has 2 aromatic heterocycles. The number of hydrogen-bond donors (Lipinski definition) is 1. The molecule has 3 amide bonds. The number of rotatable bonds is 3. The Kier molecular flexibility index (Phi) is 4.29. The number of nitrogens with zero attached hydrogens (tertiary/aromatic N) is 4.